The normalized spacial score (nSPS) is 14.7. The van der Waals surface area contributed by atoms with Crippen molar-refractivity contribution in [3.63, 3.8) is 0 Å². The minimum atomic E-state index is 0.0745. The van der Waals surface area contributed by atoms with E-state index in [1.165, 1.54) is 33.6 Å². The summed E-state index contributed by atoms with van der Waals surface area (Å²) in [6.07, 6.45) is 4.76. The Kier molecular flexibility index (Phi) is 6.54. The van der Waals surface area contributed by atoms with Crippen molar-refractivity contribution in [2.75, 3.05) is 38.0 Å². The van der Waals surface area contributed by atoms with E-state index in [4.69, 9.17) is 0 Å². The zero-order chi connectivity index (χ0) is 20.2. The van der Waals surface area contributed by atoms with Gasteiger partial charge in [0, 0.05) is 45.0 Å². The highest BCUT2D eigenvalue weighted by atomic mass is 15.1. The lowest BCUT2D eigenvalue weighted by Crippen LogP contribution is -2.08. The summed E-state index contributed by atoms with van der Waals surface area (Å²) in [5.41, 5.74) is 7.73. The Hall–Kier alpha value is -2.48. The SMILES string of the molecule is CC.CN(C)c1ccc(C2=CC(C)(C)C=C2c2ccc(N(C)C)cc2)cc1. The molecule has 2 heteroatoms. The van der Waals surface area contributed by atoms with Crippen molar-refractivity contribution in [3.8, 4) is 0 Å². The Morgan fingerprint density at radius 1 is 0.556 bits per heavy atom. The van der Waals surface area contributed by atoms with Crippen LogP contribution in [0.4, 0.5) is 11.4 Å². The van der Waals surface area contributed by atoms with Crippen LogP contribution in [0.2, 0.25) is 0 Å². The van der Waals surface area contributed by atoms with E-state index in [9.17, 15) is 0 Å². The minimum absolute atomic E-state index is 0.0745. The van der Waals surface area contributed by atoms with Gasteiger partial charge in [-0.2, -0.15) is 0 Å². The molecule has 0 aromatic heterocycles. The van der Waals surface area contributed by atoms with Crippen molar-refractivity contribution in [1.82, 2.24) is 0 Å². The molecular formula is C25H34N2. The summed E-state index contributed by atoms with van der Waals surface area (Å²) in [4.78, 5) is 4.26. The van der Waals surface area contributed by atoms with Gasteiger partial charge in [-0.25, -0.2) is 0 Å². The van der Waals surface area contributed by atoms with Gasteiger partial charge in [-0.1, -0.05) is 64.1 Å². The number of rotatable bonds is 4. The largest absolute Gasteiger partial charge is 0.378 e. The van der Waals surface area contributed by atoms with Gasteiger partial charge in [0.1, 0.15) is 0 Å². The Labute approximate surface area is 165 Å². The zero-order valence-electron chi connectivity index (χ0n) is 18.2. The summed E-state index contributed by atoms with van der Waals surface area (Å²) in [7, 11) is 8.30. The highest BCUT2D eigenvalue weighted by Gasteiger charge is 2.25. The molecular weight excluding hydrogens is 328 g/mol. The topological polar surface area (TPSA) is 6.48 Å². The first kappa shape index (κ1) is 20.8. The predicted molar refractivity (Wildman–Crippen MR) is 123 cm³/mol. The second-order valence-corrected chi connectivity index (χ2v) is 7.82. The van der Waals surface area contributed by atoms with E-state index in [2.05, 4.69) is 113 Å². The molecule has 2 aromatic rings. The lowest BCUT2D eigenvalue weighted by molar-refractivity contribution is 0.638. The second kappa shape index (κ2) is 8.47. The molecule has 0 unspecified atom stereocenters. The quantitative estimate of drug-likeness (QED) is 0.625. The average Bonchev–Trinajstić information content (AvgIpc) is 2.99. The smallest absolute Gasteiger partial charge is 0.0361 e. The zero-order valence-corrected chi connectivity index (χ0v) is 18.2. The van der Waals surface area contributed by atoms with Gasteiger partial charge in [-0.05, 0) is 46.5 Å². The number of anilines is 2. The summed E-state index contributed by atoms with van der Waals surface area (Å²) < 4.78 is 0. The third kappa shape index (κ3) is 4.82. The fraction of sp³-hybridized carbons (Fsp3) is 0.360. The highest BCUT2D eigenvalue weighted by molar-refractivity contribution is 6.07. The van der Waals surface area contributed by atoms with Crippen LogP contribution in [-0.2, 0) is 0 Å². The van der Waals surface area contributed by atoms with Crippen LogP contribution in [0.5, 0.6) is 0 Å². The molecule has 0 bridgehead atoms. The maximum absolute atomic E-state index is 2.38. The van der Waals surface area contributed by atoms with E-state index in [1.807, 2.05) is 13.8 Å². The number of allylic oxidation sites excluding steroid dienone is 4. The molecule has 0 aliphatic heterocycles. The van der Waals surface area contributed by atoms with Gasteiger partial charge < -0.3 is 9.80 Å². The highest BCUT2D eigenvalue weighted by Crippen LogP contribution is 2.44. The molecule has 0 saturated heterocycles. The standard InChI is InChI=1S/C23H28N2.C2H6/c1-23(2)15-21(17-7-11-19(12-8-17)24(3)4)22(16-23)18-9-13-20(14-10-18)25(5)6;1-2/h7-16H,1-6H3;1-2H3. The van der Waals surface area contributed by atoms with Crippen LogP contribution in [0.3, 0.4) is 0 Å². The van der Waals surface area contributed by atoms with E-state index in [0.29, 0.717) is 0 Å². The molecule has 0 radical (unpaired) electrons. The maximum atomic E-state index is 2.38. The van der Waals surface area contributed by atoms with Crippen molar-refractivity contribution in [2.45, 2.75) is 27.7 Å². The number of hydrogen-bond donors (Lipinski definition) is 0. The van der Waals surface area contributed by atoms with Gasteiger partial charge >= 0.3 is 0 Å². The van der Waals surface area contributed by atoms with Gasteiger partial charge in [-0.15, -0.1) is 0 Å². The molecule has 0 amide bonds. The molecule has 0 fully saturated rings. The van der Waals surface area contributed by atoms with Gasteiger partial charge in [0.15, 0.2) is 0 Å². The molecule has 1 aliphatic carbocycles. The third-order valence-electron chi connectivity index (χ3n) is 4.71. The molecule has 2 nitrogen and oxygen atoms in total. The van der Waals surface area contributed by atoms with E-state index in [-0.39, 0.29) is 5.41 Å². The van der Waals surface area contributed by atoms with E-state index < -0.39 is 0 Å². The first-order valence-electron chi connectivity index (χ1n) is 9.78. The maximum Gasteiger partial charge on any atom is 0.0361 e. The summed E-state index contributed by atoms with van der Waals surface area (Å²) >= 11 is 0. The summed E-state index contributed by atoms with van der Waals surface area (Å²) in [5.74, 6) is 0. The Bertz CT molecular complexity index is 735. The van der Waals surface area contributed by atoms with Crippen LogP contribution in [0, 0.1) is 5.41 Å². The van der Waals surface area contributed by atoms with Gasteiger partial charge in [0.2, 0.25) is 0 Å². The van der Waals surface area contributed by atoms with Crippen LogP contribution in [-0.4, -0.2) is 28.2 Å². The van der Waals surface area contributed by atoms with Crippen molar-refractivity contribution in [1.29, 1.82) is 0 Å². The van der Waals surface area contributed by atoms with Crippen molar-refractivity contribution >= 4 is 22.5 Å². The van der Waals surface area contributed by atoms with E-state index in [1.54, 1.807) is 0 Å². The van der Waals surface area contributed by atoms with Crippen molar-refractivity contribution in [2.24, 2.45) is 5.41 Å². The van der Waals surface area contributed by atoms with E-state index >= 15 is 0 Å². The second-order valence-electron chi connectivity index (χ2n) is 7.82. The van der Waals surface area contributed by atoms with E-state index in [0.717, 1.165) is 0 Å². The molecule has 0 saturated carbocycles. The average molecular weight is 363 g/mol. The lowest BCUT2D eigenvalue weighted by atomic mass is 9.94. The molecule has 27 heavy (non-hydrogen) atoms. The van der Waals surface area contributed by atoms with Gasteiger partial charge in [-0.3, -0.25) is 0 Å². The van der Waals surface area contributed by atoms with Crippen LogP contribution in [0.1, 0.15) is 38.8 Å². The van der Waals surface area contributed by atoms with Crippen LogP contribution in [0.15, 0.2) is 60.7 Å². The molecule has 0 heterocycles. The molecule has 0 spiro atoms. The first-order chi connectivity index (χ1) is 12.8. The van der Waals surface area contributed by atoms with Crippen LogP contribution < -0.4 is 9.80 Å². The Morgan fingerprint density at radius 3 is 1.11 bits per heavy atom. The molecule has 0 atom stereocenters. The van der Waals surface area contributed by atoms with Crippen molar-refractivity contribution < 1.29 is 0 Å². The summed E-state index contributed by atoms with van der Waals surface area (Å²) in [6.45, 7) is 8.53. The Balaban J connectivity index is 0.00000126. The molecule has 1 aliphatic rings. The molecule has 2 aromatic carbocycles. The number of nitrogens with zero attached hydrogens (tertiary/aromatic N) is 2. The summed E-state index contributed by atoms with van der Waals surface area (Å²) in [6, 6.07) is 17.7. The lowest BCUT2D eigenvalue weighted by Gasteiger charge is -2.16. The van der Waals surface area contributed by atoms with Crippen LogP contribution >= 0.6 is 0 Å². The first-order valence-corrected chi connectivity index (χ1v) is 9.78. The monoisotopic (exact) mass is 362 g/mol. The molecule has 144 valence electrons. The number of benzene rings is 2. The van der Waals surface area contributed by atoms with Crippen LogP contribution in [0.25, 0.3) is 11.1 Å². The fourth-order valence-electron chi connectivity index (χ4n) is 3.30. The van der Waals surface area contributed by atoms with Gasteiger partial charge in [0.25, 0.3) is 0 Å². The number of hydrogen-bond acceptors (Lipinski definition) is 2. The summed E-state index contributed by atoms with van der Waals surface area (Å²) in [5, 5.41) is 0. The molecule has 0 N–H and O–H groups in total. The third-order valence-corrected chi connectivity index (χ3v) is 4.71. The fourth-order valence-corrected chi connectivity index (χ4v) is 3.30. The molecule has 3 rings (SSSR count). The minimum Gasteiger partial charge on any atom is -0.378 e. The van der Waals surface area contributed by atoms with Gasteiger partial charge in [0.05, 0.1) is 0 Å². The van der Waals surface area contributed by atoms with Crippen molar-refractivity contribution in [3.05, 3.63) is 71.8 Å². The predicted octanol–water partition coefficient (Wildman–Crippen LogP) is 6.35. The Morgan fingerprint density at radius 2 is 0.852 bits per heavy atom.